The van der Waals surface area contributed by atoms with Crippen LogP contribution >= 0.6 is 0 Å². The van der Waals surface area contributed by atoms with Crippen LogP contribution in [-0.4, -0.2) is 0 Å². The van der Waals surface area contributed by atoms with Crippen molar-refractivity contribution >= 4 is 0 Å². The predicted molar refractivity (Wildman–Crippen MR) is 17.6 cm³/mol. The molecule has 0 aromatic carbocycles. The summed E-state index contributed by atoms with van der Waals surface area (Å²) in [5.41, 5.74) is 0. The maximum atomic E-state index is 2.22. The first-order valence-corrected chi connectivity index (χ1v) is 3.28. The third-order valence-electron chi connectivity index (χ3n) is 0. The van der Waals surface area contributed by atoms with E-state index in [1.165, 1.54) is 18.3 Å². The van der Waals surface area contributed by atoms with Crippen LogP contribution in [-0.2, 0) is 18.3 Å². The van der Waals surface area contributed by atoms with Gasteiger partial charge < -0.3 is 24.0 Å². The molecule has 0 aromatic heterocycles. The summed E-state index contributed by atoms with van der Waals surface area (Å²) in [6, 6.07) is 0. The van der Waals surface area contributed by atoms with E-state index < -0.39 is 0 Å². The van der Waals surface area contributed by atoms with E-state index in [0.717, 1.165) is 4.51 Å². The van der Waals surface area contributed by atoms with Gasteiger partial charge in [-0.1, -0.05) is 0 Å². The van der Waals surface area contributed by atoms with Crippen LogP contribution in [0.5, 0.6) is 0 Å². The van der Waals surface area contributed by atoms with Gasteiger partial charge in [0.1, 0.15) is 0 Å². The van der Waals surface area contributed by atoms with Crippen LogP contribution in [0.3, 0.4) is 0 Å². The fraction of sp³-hybridized carbons (Fsp3) is 1.00. The van der Waals surface area contributed by atoms with Gasteiger partial charge in [-0.3, -0.25) is 4.70 Å². The Hall–Kier alpha value is 1.28. The van der Waals surface area contributed by atoms with Gasteiger partial charge in [0.05, 0.1) is 0 Å². The van der Waals surface area contributed by atoms with Crippen molar-refractivity contribution in [2.75, 3.05) is 0 Å². The van der Waals surface area contributed by atoms with E-state index in [4.69, 9.17) is 0 Å². The molecule has 0 saturated heterocycles. The maximum Gasteiger partial charge on any atom is -0.269 e. The molecule has 0 spiro atoms. The van der Waals surface area contributed by atoms with Gasteiger partial charge in [-0.05, 0) is 0 Å². The molecule has 0 N–H and O–H groups in total. The average molecular weight is 255 g/mol. The van der Waals surface area contributed by atoms with Gasteiger partial charge in [0.2, 0.25) is 0 Å². The van der Waals surface area contributed by atoms with E-state index in [-0.39, 0.29) is 28.7 Å². The molecule has 0 nitrogen and oxygen atoms in total. The van der Waals surface area contributed by atoms with E-state index in [1.54, 1.807) is 0 Å². The van der Waals surface area contributed by atoms with Crippen molar-refractivity contribution in [1.82, 2.24) is 0 Å². The molecule has 0 saturated carbocycles. The molecule has 0 amide bonds. The summed E-state index contributed by atoms with van der Waals surface area (Å²) in [4.78, 5) is 0. The molecule has 0 radical (unpaired) electrons. The fourth-order valence-corrected chi connectivity index (χ4v) is 0. The van der Waals surface area contributed by atoms with Gasteiger partial charge in [0.15, 0.2) is 0 Å². The van der Waals surface area contributed by atoms with Gasteiger partial charge in [0, 0.05) is 0 Å². The SMILES string of the molecule is C[CH](C)[Zn+].F.[I-]. The monoisotopic (exact) mass is 254 g/mol. The minimum absolute atomic E-state index is 0. The molecule has 36 valence electrons. The number of rotatable bonds is 0. The third kappa shape index (κ3) is 58.9. The van der Waals surface area contributed by atoms with Crippen molar-refractivity contribution in [1.29, 1.82) is 0 Å². The summed E-state index contributed by atoms with van der Waals surface area (Å²) in [6.45, 7) is 4.44. The molecule has 6 heavy (non-hydrogen) atoms. The minimum atomic E-state index is 0. The van der Waals surface area contributed by atoms with Gasteiger partial charge in [-0.2, -0.15) is 0 Å². The first-order valence-electron chi connectivity index (χ1n) is 1.56. The normalized spacial score (nSPS) is 6.17. The quantitative estimate of drug-likeness (QED) is 0.366. The zero-order chi connectivity index (χ0) is 3.58. The molecule has 0 fully saturated rings. The van der Waals surface area contributed by atoms with Crippen molar-refractivity contribution in [3.8, 4) is 0 Å². The Labute approximate surface area is 65.1 Å². The van der Waals surface area contributed by atoms with Gasteiger partial charge in [-0.25, -0.2) is 0 Å². The molecule has 0 heterocycles. The van der Waals surface area contributed by atoms with E-state index in [0.29, 0.717) is 0 Å². The molecular weight excluding hydrogens is 247 g/mol. The Kier molecular flexibility index (Phi) is 25.0. The Balaban J connectivity index is -0.0000000450. The Bertz CT molecular complexity index is 15.5. The van der Waals surface area contributed by atoms with Crippen molar-refractivity contribution in [3.05, 3.63) is 0 Å². The van der Waals surface area contributed by atoms with Crippen molar-refractivity contribution < 1.29 is 47.0 Å². The number of halogens is 2. The molecule has 0 aliphatic rings. The summed E-state index contributed by atoms with van der Waals surface area (Å²) in [7, 11) is 0. The van der Waals surface area contributed by atoms with E-state index in [2.05, 4.69) is 13.8 Å². The second-order valence-electron chi connectivity index (χ2n) is 1.39. The van der Waals surface area contributed by atoms with Crippen LogP contribution in [0.25, 0.3) is 0 Å². The zero-order valence-electron chi connectivity index (χ0n) is 4.07. The molecule has 0 unspecified atom stereocenters. The van der Waals surface area contributed by atoms with E-state index in [9.17, 15) is 0 Å². The van der Waals surface area contributed by atoms with Crippen LogP contribution in [0.15, 0.2) is 0 Å². The smallest absolute Gasteiger partial charge is 0.269 e. The molecule has 0 aliphatic carbocycles. The number of hydrogen-bond acceptors (Lipinski definition) is 0. The zero-order valence-corrected chi connectivity index (χ0v) is 9.20. The Morgan fingerprint density at radius 3 is 1.33 bits per heavy atom. The van der Waals surface area contributed by atoms with Crippen LogP contribution in [0.2, 0.25) is 4.51 Å². The largest absolute Gasteiger partial charge is 1.00 e. The molecular formula is C3H8FIZn. The van der Waals surface area contributed by atoms with Crippen LogP contribution in [0.1, 0.15) is 13.8 Å². The Morgan fingerprint density at radius 1 is 1.33 bits per heavy atom. The van der Waals surface area contributed by atoms with Gasteiger partial charge in [0.25, 0.3) is 0 Å². The minimum Gasteiger partial charge on any atom is -1.00 e. The maximum absolute atomic E-state index is 2.22. The first kappa shape index (κ1) is 15.7. The molecule has 0 atom stereocenters. The first-order chi connectivity index (χ1) is 1.73. The van der Waals surface area contributed by atoms with Crippen LogP contribution in [0.4, 0.5) is 4.70 Å². The van der Waals surface area contributed by atoms with Crippen molar-refractivity contribution in [2.45, 2.75) is 18.4 Å². The molecule has 0 aliphatic heterocycles. The molecule has 0 aromatic rings. The summed E-state index contributed by atoms with van der Waals surface area (Å²) in [5, 5.41) is 0. The van der Waals surface area contributed by atoms with E-state index >= 15 is 0 Å². The van der Waals surface area contributed by atoms with Crippen LogP contribution in [0, 0.1) is 0 Å². The van der Waals surface area contributed by atoms with Crippen molar-refractivity contribution in [3.63, 3.8) is 0 Å². The Morgan fingerprint density at radius 2 is 1.33 bits per heavy atom. The summed E-state index contributed by atoms with van der Waals surface area (Å²) in [6.07, 6.45) is 0. The summed E-state index contributed by atoms with van der Waals surface area (Å²) < 4.78 is 0.958. The summed E-state index contributed by atoms with van der Waals surface area (Å²) >= 11 is 1.43. The standard InChI is InChI=1S/C3H7.FH.HI.Zn/c1-3-2;;;/h3H,1-2H3;2*1H;/q;;;+1/p-1. The third-order valence-corrected chi connectivity index (χ3v) is 0. The fourth-order valence-electron chi connectivity index (χ4n) is 0. The summed E-state index contributed by atoms with van der Waals surface area (Å²) in [5.74, 6) is 0. The van der Waals surface area contributed by atoms with Crippen molar-refractivity contribution in [2.24, 2.45) is 0 Å². The number of hydrogen-bond donors (Lipinski definition) is 0. The topological polar surface area (TPSA) is 0 Å². The average Bonchev–Trinajstić information content (AvgIpc) is 0.811. The van der Waals surface area contributed by atoms with Crippen LogP contribution < -0.4 is 24.0 Å². The molecule has 0 rings (SSSR count). The van der Waals surface area contributed by atoms with Gasteiger partial charge in [-0.15, -0.1) is 0 Å². The second kappa shape index (κ2) is 9.56. The second-order valence-corrected chi connectivity index (χ2v) is 4.82. The molecule has 3 heteroatoms. The van der Waals surface area contributed by atoms with Gasteiger partial charge >= 0.3 is 36.7 Å². The predicted octanol–water partition coefficient (Wildman–Crippen LogP) is -1.48. The van der Waals surface area contributed by atoms with E-state index in [1.807, 2.05) is 0 Å². The molecule has 0 bridgehead atoms.